The lowest BCUT2D eigenvalue weighted by Crippen LogP contribution is -2.46. The molecule has 11 N–H and O–H groups in total. The predicted octanol–water partition coefficient (Wildman–Crippen LogP) is 21.8. The van der Waals surface area contributed by atoms with E-state index in [9.17, 15) is 45.8 Å². The number of para-hydroxylation sites is 2. The van der Waals surface area contributed by atoms with Gasteiger partial charge in [-0.25, -0.2) is 15.0 Å². The zero-order chi connectivity index (χ0) is 105. The number of fused-ring (bicyclic) bond motifs is 4. The number of methoxy groups -OCH3 is 1. The Bertz CT molecular complexity index is 5900. The summed E-state index contributed by atoms with van der Waals surface area (Å²) in [5.41, 5.74) is 16.9. The van der Waals surface area contributed by atoms with Crippen molar-refractivity contribution in [2.45, 2.75) is 361 Å². The first-order valence-electron chi connectivity index (χ1n) is 48.0. The standard InChI is InChI=1S/C25H44Cl2N4O2Si2.C25H45ClN4O3Si2.C24H31N5O7.C23H28ClN5O6/c1-12-17-18(33-35(10,11)25(5,6)7)13-19(32-17)31-15-16(14-26)20-21(27)28-23(29-22(20)31)30-34(8,9)24(2,3)4;1-12-17-18(33-35(10,11)25(5,6)7)13-19(32-17)30-14-16(15-31)20-21(26)27-23(28-22(20)30)29-34(8,9)24(2,3)4;1-24(2,3)20(14-7-5-6-8-15(14)29(32)33)35-12-13-10-28(18-9-16(31)17(11-30)36-18)21-19(13)22(34-4)27-23(25)26-21;1-23(2,3)19(13-6-4-5-7-14(13)29(32)33)34-11-12-9-28(17-8-15(31)16(10-30)35-17)21-18(12)20(24)26-22(25)27-21/h15,17-19H,12-14H2,1-11H3,(H,28,29,30);14,17-19,31H,12-13,15H2,1-11H3,(H,27,28,29);5-8,10,16-18,20,30-31H,9,11-12H2,1-4H3,(H2,25,26,27);4-7,9,15-17,19,30-31H,8,10-11H2,1-3H3,(H2,25,26,27)/t2*17-,18?,19-;16?,17-,18-,20-;15?,16-,17-,19-/m1111/s1. The topological polar surface area (TPSA) is 469 Å². The van der Waals surface area contributed by atoms with Crippen molar-refractivity contribution < 1.29 is 77.4 Å². The van der Waals surface area contributed by atoms with E-state index in [2.05, 4.69) is 194 Å². The maximum Gasteiger partial charge on any atom is 0.275 e. The number of hydrogen-bond acceptors (Lipinski definition) is 30. The number of benzene rings is 2. The number of rotatable bonds is 29. The Morgan fingerprint density at radius 2 is 0.794 bits per heavy atom. The third-order valence-electron chi connectivity index (χ3n) is 28.9. The molecule has 14 rings (SSSR count). The molecule has 4 aliphatic rings. The van der Waals surface area contributed by atoms with Crippen molar-refractivity contribution in [3.8, 4) is 5.88 Å². The summed E-state index contributed by atoms with van der Waals surface area (Å²) >= 11 is 26.2. The molecule has 2 aromatic carbocycles. The van der Waals surface area contributed by atoms with Gasteiger partial charge in [-0.1, -0.05) is 224 Å². The summed E-state index contributed by atoms with van der Waals surface area (Å²) in [6.07, 6.45) is 5.25. The van der Waals surface area contributed by atoms with Crippen molar-refractivity contribution in [3.05, 3.63) is 142 Å². The number of alkyl halides is 1. The molecular formula is C97H148Cl4N18O18Si4. The number of nitrogens with zero attached hydrogens (tertiary/aromatic N) is 14. The van der Waals surface area contributed by atoms with Crippen LogP contribution in [-0.2, 0) is 63.0 Å². The SMILES string of the molecule is CC(C)(C)[C@H](OCc1cn([C@H]2CC(O)[C@@H](CO)O2)c2nc(N)nc(Cl)c12)c1ccccc1[N+](=O)[O-].CC[C@H]1O[C@@H](n2cc(CCl)c3c(Cl)nc(N[Si](C)(C)C(C)(C)C)nc32)CC1O[Si](C)(C)C(C)(C)C.CC[C@H]1O[C@@H](n2cc(CO)c3c(Cl)nc(N[Si](C)(C)C(C)(C)C)nc32)CC1O[Si](C)(C)C(C)(C)C.COc1nc(N)nc2c1c(CO[C@H](c1ccccc1[N+](=O)[O-])C(C)(C)C)cn2[C@H]1CC(O)[C@@H](CO)O1. The van der Waals surface area contributed by atoms with Gasteiger partial charge in [0.2, 0.25) is 29.7 Å². The van der Waals surface area contributed by atoms with Crippen LogP contribution in [0.5, 0.6) is 5.88 Å². The highest BCUT2D eigenvalue weighted by Gasteiger charge is 2.50. The lowest BCUT2D eigenvalue weighted by Gasteiger charge is -2.39. The molecule has 10 aromatic rings. The summed E-state index contributed by atoms with van der Waals surface area (Å²) in [7, 11) is -6.24. The Labute approximate surface area is 850 Å². The Balaban J connectivity index is 0.000000180. The van der Waals surface area contributed by atoms with Gasteiger partial charge in [0.05, 0.1) is 131 Å². The van der Waals surface area contributed by atoms with Gasteiger partial charge in [-0.05, 0) is 87.7 Å². The van der Waals surface area contributed by atoms with Crippen molar-refractivity contribution in [2.24, 2.45) is 10.8 Å². The second-order valence-corrected chi connectivity index (χ2v) is 66.2. The number of nitrogens with two attached hydrogens (primary N) is 2. The average molecular weight is 2110 g/mol. The van der Waals surface area contributed by atoms with Crippen LogP contribution in [0.15, 0.2) is 73.3 Å². The highest BCUT2D eigenvalue weighted by Crippen LogP contribution is 2.51. The fraction of sp³-hybridized carbons (Fsp3) is 0.629. The van der Waals surface area contributed by atoms with Crippen LogP contribution in [0.4, 0.5) is 35.2 Å². The van der Waals surface area contributed by atoms with E-state index in [0.717, 1.165) is 42.3 Å². The zero-order valence-electron chi connectivity index (χ0n) is 87.0. The maximum atomic E-state index is 11.7. The van der Waals surface area contributed by atoms with E-state index in [4.69, 9.17) is 110 Å². The molecule has 4 aliphatic heterocycles. The van der Waals surface area contributed by atoms with Crippen LogP contribution < -0.4 is 26.2 Å². The van der Waals surface area contributed by atoms with E-state index in [-0.39, 0.29) is 137 Å². The highest BCUT2D eigenvalue weighted by molar-refractivity contribution is 6.83. The third-order valence-corrected chi connectivity index (χ3v) is 48.2. The lowest BCUT2D eigenvalue weighted by atomic mass is 9.84. The number of halogens is 4. The summed E-state index contributed by atoms with van der Waals surface area (Å²) in [4.78, 5) is 65.8. The van der Waals surface area contributed by atoms with Gasteiger partial charge in [-0.15, -0.1) is 11.6 Å². The summed E-state index contributed by atoms with van der Waals surface area (Å²) in [5, 5.41) is 76.8. The van der Waals surface area contributed by atoms with Crippen LogP contribution in [0.2, 0.25) is 88.0 Å². The first-order chi connectivity index (χ1) is 65.4. The molecule has 0 amide bonds. The molecule has 4 fully saturated rings. The normalized spacial score (nSPS) is 21.8. The van der Waals surface area contributed by atoms with Gasteiger partial charge in [-0.2, -0.15) is 24.9 Å². The van der Waals surface area contributed by atoms with E-state index in [1.807, 2.05) is 58.5 Å². The van der Waals surface area contributed by atoms with Gasteiger partial charge in [0.15, 0.2) is 38.8 Å². The molecule has 4 saturated heterocycles. The fourth-order valence-electron chi connectivity index (χ4n) is 16.9. The predicted molar refractivity (Wildman–Crippen MR) is 563 cm³/mol. The Morgan fingerprint density at radius 1 is 0.468 bits per heavy atom. The second kappa shape index (κ2) is 44.1. The smallest absolute Gasteiger partial charge is 0.275 e. The molecule has 44 heteroatoms. The molecule has 141 heavy (non-hydrogen) atoms. The number of aliphatic hydroxyl groups is 5. The van der Waals surface area contributed by atoms with Gasteiger partial charge in [0, 0.05) is 85.2 Å². The number of nitrogen functional groups attached to an aromatic ring is 2. The summed E-state index contributed by atoms with van der Waals surface area (Å²) in [6, 6.07) is 13.0. The number of hydrogen-bond donors (Lipinski definition) is 9. The van der Waals surface area contributed by atoms with E-state index < -0.39 is 103 Å². The van der Waals surface area contributed by atoms with Crippen LogP contribution >= 0.6 is 46.4 Å². The van der Waals surface area contributed by atoms with E-state index >= 15 is 0 Å². The molecule has 14 atom stereocenters. The van der Waals surface area contributed by atoms with Crippen molar-refractivity contribution in [1.29, 1.82) is 0 Å². The number of ether oxygens (including phenoxy) is 7. The van der Waals surface area contributed by atoms with Gasteiger partial charge in [0.1, 0.15) is 69.5 Å². The van der Waals surface area contributed by atoms with E-state index in [0.29, 0.717) is 89.0 Å². The molecule has 0 bridgehead atoms. The first-order valence-corrected chi connectivity index (χ1v) is 61.5. The molecule has 4 unspecified atom stereocenters. The minimum Gasteiger partial charge on any atom is -0.480 e. The third kappa shape index (κ3) is 25.2. The highest BCUT2D eigenvalue weighted by atomic mass is 35.5. The minimum absolute atomic E-state index is 0.00380. The minimum atomic E-state index is -1.96. The van der Waals surface area contributed by atoms with Crippen LogP contribution in [0.3, 0.4) is 0 Å². The monoisotopic (exact) mass is 2100 g/mol. The number of nitrogens with one attached hydrogen (secondary N) is 2. The van der Waals surface area contributed by atoms with Crippen LogP contribution in [0.25, 0.3) is 44.1 Å². The molecule has 0 spiro atoms. The Kier molecular flexibility index (Phi) is 35.5. The van der Waals surface area contributed by atoms with Crippen molar-refractivity contribution in [3.63, 3.8) is 0 Å². The lowest BCUT2D eigenvalue weighted by molar-refractivity contribution is -0.386. The molecule has 0 aliphatic carbocycles. The van der Waals surface area contributed by atoms with Gasteiger partial charge >= 0.3 is 0 Å². The average Bonchev–Trinajstić information content (AvgIpc) is 1.61. The Hall–Kier alpha value is -7.77. The molecule has 778 valence electrons. The van der Waals surface area contributed by atoms with Crippen molar-refractivity contribution >= 4 is 159 Å². The summed E-state index contributed by atoms with van der Waals surface area (Å²) in [5.74, 6) is 1.63. The van der Waals surface area contributed by atoms with Gasteiger partial charge < -0.3 is 107 Å². The Morgan fingerprint density at radius 3 is 1.13 bits per heavy atom. The number of anilines is 4. The van der Waals surface area contributed by atoms with E-state index in [1.54, 1.807) is 57.9 Å². The molecule has 0 radical (unpaired) electrons. The van der Waals surface area contributed by atoms with Crippen molar-refractivity contribution in [1.82, 2.24) is 58.1 Å². The quantitative estimate of drug-likeness (QED) is 0.00691. The first kappa shape index (κ1) is 114. The number of aliphatic hydroxyl groups excluding tert-OH is 5. The molecule has 12 heterocycles. The summed E-state index contributed by atoms with van der Waals surface area (Å²) in [6.45, 7) is 60.6. The number of nitro benzene ring substituents is 2. The van der Waals surface area contributed by atoms with Crippen molar-refractivity contribution in [2.75, 3.05) is 41.8 Å². The van der Waals surface area contributed by atoms with Crippen LogP contribution in [0, 0.1) is 31.1 Å². The maximum absolute atomic E-state index is 11.7. The second-order valence-electron chi connectivity index (χ2n) is 45.3. The van der Waals surface area contributed by atoms with Crippen LogP contribution in [-0.4, -0.2) is 196 Å². The van der Waals surface area contributed by atoms with Gasteiger partial charge in [-0.3, -0.25) is 20.2 Å². The number of aromatic nitrogens is 12. The summed E-state index contributed by atoms with van der Waals surface area (Å²) < 4.78 is 64.0. The molecule has 0 saturated carbocycles. The van der Waals surface area contributed by atoms with Gasteiger partial charge in [0.25, 0.3) is 11.4 Å². The fourth-order valence-corrected chi connectivity index (χ4v) is 22.8. The largest absolute Gasteiger partial charge is 0.480 e. The molecular weight excluding hydrogens is 1960 g/mol. The zero-order valence-corrected chi connectivity index (χ0v) is 94.0. The number of nitro groups is 2. The molecule has 36 nitrogen and oxygen atoms in total. The van der Waals surface area contributed by atoms with E-state index in [1.165, 1.54) is 19.2 Å². The molecule has 8 aromatic heterocycles. The van der Waals surface area contributed by atoms with Crippen LogP contribution in [0.1, 0.15) is 247 Å².